The Morgan fingerprint density at radius 1 is 0.762 bits per heavy atom. The molecule has 6 nitrogen and oxygen atoms in total. The van der Waals surface area contributed by atoms with E-state index < -0.39 is 0 Å². The summed E-state index contributed by atoms with van der Waals surface area (Å²) in [5.41, 5.74) is 2.84. The Hall–Kier alpha value is -3.62. The van der Waals surface area contributed by atoms with E-state index in [0.29, 0.717) is 25.0 Å². The second-order valence-corrected chi connectivity index (χ2v) is 11.5. The van der Waals surface area contributed by atoms with Crippen molar-refractivity contribution >= 4 is 11.8 Å². The van der Waals surface area contributed by atoms with Gasteiger partial charge < -0.3 is 15.1 Å². The molecule has 5 rings (SSSR count). The molecule has 222 valence electrons. The highest BCUT2D eigenvalue weighted by Gasteiger charge is 2.34. The molecule has 3 aromatic carbocycles. The minimum absolute atomic E-state index is 0.0658. The van der Waals surface area contributed by atoms with E-state index >= 15 is 0 Å². The number of piperazine rings is 1. The highest BCUT2D eigenvalue weighted by atomic mass is 19.1. The number of nitrogens with zero attached hydrogens (tertiary/aromatic N) is 3. The Morgan fingerprint density at radius 3 is 1.86 bits per heavy atom. The van der Waals surface area contributed by atoms with Crippen molar-refractivity contribution in [3.8, 4) is 0 Å². The van der Waals surface area contributed by atoms with Crippen LogP contribution in [0.1, 0.15) is 47.9 Å². The van der Waals surface area contributed by atoms with E-state index in [2.05, 4.69) is 52.5 Å². The third-order valence-corrected chi connectivity index (χ3v) is 8.78. The number of piperidine rings is 1. The van der Waals surface area contributed by atoms with Crippen LogP contribution >= 0.6 is 0 Å². The zero-order valence-corrected chi connectivity index (χ0v) is 24.2. The lowest BCUT2D eigenvalue weighted by Crippen LogP contribution is -2.50. The Kier molecular flexibility index (Phi) is 9.97. The lowest BCUT2D eigenvalue weighted by molar-refractivity contribution is -0.134. The average Bonchev–Trinajstić information content (AvgIpc) is 3.02. The highest BCUT2D eigenvalue weighted by Crippen LogP contribution is 2.36. The van der Waals surface area contributed by atoms with Gasteiger partial charge in [0, 0.05) is 57.6 Å². The monoisotopic (exact) mass is 574 g/mol. The molecule has 2 fully saturated rings. The van der Waals surface area contributed by atoms with E-state index in [0.717, 1.165) is 50.1 Å². The second-order valence-electron chi connectivity index (χ2n) is 11.5. The molecule has 0 saturated carbocycles. The van der Waals surface area contributed by atoms with Crippen molar-refractivity contribution < 1.29 is 18.4 Å². The zero-order valence-electron chi connectivity index (χ0n) is 24.2. The molecule has 0 spiro atoms. The van der Waals surface area contributed by atoms with E-state index in [-0.39, 0.29) is 42.3 Å². The standard InChI is InChI=1S/C34H40F2N4O2/c1-38-19-21-40(22-20-38)34(27-5-3-2-4-6-27)28-15-17-39(18-16-28)33(42)24-37-32(41)23-31(25-7-11-29(35)12-8-25)26-9-13-30(36)14-10-26/h2-14,28,31,34H,15-24H2,1H3,(H,37,41). The van der Waals surface area contributed by atoms with Gasteiger partial charge in [0.2, 0.25) is 11.8 Å². The maximum atomic E-state index is 13.5. The Labute approximate surface area is 247 Å². The fraction of sp³-hybridized carbons (Fsp3) is 0.412. The van der Waals surface area contributed by atoms with E-state index in [9.17, 15) is 18.4 Å². The summed E-state index contributed by atoms with van der Waals surface area (Å²) >= 11 is 0. The molecule has 42 heavy (non-hydrogen) atoms. The molecular formula is C34H40F2N4O2. The number of benzene rings is 3. The third-order valence-electron chi connectivity index (χ3n) is 8.78. The molecule has 2 saturated heterocycles. The lowest BCUT2D eigenvalue weighted by atomic mass is 9.84. The van der Waals surface area contributed by atoms with Crippen LogP contribution in [0.5, 0.6) is 0 Å². The van der Waals surface area contributed by atoms with Crippen molar-refractivity contribution in [2.45, 2.75) is 31.2 Å². The molecule has 0 aromatic heterocycles. The van der Waals surface area contributed by atoms with Gasteiger partial charge in [-0.25, -0.2) is 8.78 Å². The number of carbonyl (C=O) groups excluding carboxylic acids is 2. The smallest absolute Gasteiger partial charge is 0.241 e. The largest absolute Gasteiger partial charge is 0.347 e. The fourth-order valence-electron chi connectivity index (χ4n) is 6.36. The molecule has 2 aliphatic heterocycles. The molecule has 1 N–H and O–H groups in total. The SMILES string of the molecule is CN1CCN(C(c2ccccc2)C2CCN(C(=O)CNC(=O)CC(c3ccc(F)cc3)c3ccc(F)cc3)CC2)CC1. The number of likely N-dealkylation sites (N-methyl/N-ethyl adjacent to an activating group) is 1. The quantitative estimate of drug-likeness (QED) is 0.398. The molecule has 2 aliphatic rings. The number of hydrogen-bond acceptors (Lipinski definition) is 4. The van der Waals surface area contributed by atoms with Crippen LogP contribution in [0.4, 0.5) is 8.78 Å². The van der Waals surface area contributed by atoms with Gasteiger partial charge in [-0.3, -0.25) is 14.5 Å². The molecule has 0 aliphatic carbocycles. The van der Waals surface area contributed by atoms with Crippen LogP contribution in [-0.4, -0.2) is 79.4 Å². The van der Waals surface area contributed by atoms with E-state index in [1.54, 1.807) is 24.3 Å². The van der Waals surface area contributed by atoms with E-state index in [4.69, 9.17) is 0 Å². The molecule has 2 heterocycles. The first-order valence-corrected chi connectivity index (χ1v) is 14.9. The Bertz CT molecular complexity index is 1260. The van der Waals surface area contributed by atoms with Gasteiger partial charge >= 0.3 is 0 Å². The van der Waals surface area contributed by atoms with Gasteiger partial charge in [0.25, 0.3) is 0 Å². The summed E-state index contributed by atoms with van der Waals surface area (Å²) in [7, 11) is 2.17. The Morgan fingerprint density at radius 2 is 1.31 bits per heavy atom. The topological polar surface area (TPSA) is 55.9 Å². The number of halogens is 2. The van der Waals surface area contributed by atoms with Gasteiger partial charge in [-0.15, -0.1) is 0 Å². The fourth-order valence-corrected chi connectivity index (χ4v) is 6.36. The number of likely N-dealkylation sites (tertiary alicyclic amines) is 1. The van der Waals surface area contributed by atoms with Gasteiger partial charge in [-0.2, -0.15) is 0 Å². The van der Waals surface area contributed by atoms with Crippen molar-refractivity contribution in [3.05, 3.63) is 107 Å². The van der Waals surface area contributed by atoms with Crippen LogP contribution in [-0.2, 0) is 9.59 Å². The normalized spacial score (nSPS) is 17.8. The maximum Gasteiger partial charge on any atom is 0.241 e. The summed E-state index contributed by atoms with van der Waals surface area (Å²) in [4.78, 5) is 32.9. The maximum absolute atomic E-state index is 13.5. The summed E-state index contributed by atoms with van der Waals surface area (Å²) in [5.74, 6) is -1.03. The predicted octanol–water partition coefficient (Wildman–Crippen LogP) is 4.83. The Balaban J connectivity index is 1.16. The van der Waals surface area contributed by atoms with Crippen LogP contribution in [0.2, 0.25) is 0 Å². The first-order valence-electron chi connectivity index (χ1n) is 14.9. The second kappa shape index (κ2) is 14.0. The summed E-state index contributed by atoms with van der Waals surface area (Å²) in [5, 5.41) is 2.80. The highest BCUT2D eigenvalue weighted by molar-refractivity contribution is 5.85. The first kappa shape index (κ1) is 29.9. The number of amides is 2. The van der Waals surface area contributed by atoms with Crippen molar-refractivity contribution in [2.24, 2.45) is 5.92 Å². The molecule has 1 atom stereocenters. The van der Waals surface area contributed by atoms with Gasteiger partial charge in [0.05, 0.1) is 6.54 Å². The van der Waals surface area contributed by atoms with Gasteiger partial charge in [-0.05, 0) is 66.8 Å². The van der Waals surface area contributed by atoms with Crippen molar-refractivity contribution in [1.82, 2.24) is 20.0 Å². The molecule has 8 heteroatoms. The summed E-state index contributed by atoms with van der Waals surface area (Å²) in [6.07, 6.45) is 1.90. The zero-order chi connectivity index (χ0) is 29.5. The van der Waals surface area contributed by atoms with Crippen molar-refractivity contribution in [2.75, 3.05) is 52.9 Å². The predicted molar refractivity (Wildman–Crippen MR) is 160 cm³/mol. The summed E-state index contributed by atoms with van der Waals surface area (Å²) in [6.45, 7) is 5.47. The molecular weight excluding hydrogens is 534 g/mol. The third kappa shape index (κ3) is 7.61. The molecule has 0 radical (unpaired) electrons. The number of hydrogen-bond donors (Lipinski definition) is 1. The van der Waals surface area contributed by atoms with Crippen LogP contribution in [0, 0.1) is 17.6 Å². The first-order chi connectivity index (χ1) is 20.4. The minimum Gasteiger partial charge on any atom is -0.347 e. The molecule has 1 unspecified atom stereocenters. The minimum atomic E-state index is -0.387. The summed E-state index contributed by atoms with van der Waals surface area (Å²) in [6, 6.07) is 23.0. The van der Waals surface area contributed by atoms with Gasteiger partial charge in [0.1, 0.15) is 11.6 Å². The van der Waals surface area contributed by atoms with Crippen LogP contribution < -0.4 is 5.32 Å². The lowest BCUT2D eigenvalue weighted by Gasteiger charge is -2.44. The molecule has 0 bridgehead atoms. The average molecular weight is 575 g/mol. The van der Waals surface area contributed by atoms with Crippen LogP contribution in [0.15, 0.2) is 78.9 Å². The van der Waals surface area contributed by atoms with Crippen molar-refractivity contribution in [1.29, 1.82) is 0 Å². The van der Waals surface area contributed by atoms with Gasteiger partial charge in [-0.1, -0.05) is 54.6 Å². The van der Waals surface area contributed by atoms with Crippen molar-refractivity contribution in [3.63, 3.8) is 0 Å². The summed E-state index contributed by atoms with van der Waals surface area (Å²) < 4.78 is 27.1. The molecule has 3 aromatic rings. The molecule has 2 amide bonds. The number of rotatable bonds is 9. The number of carbonyl (C=O) groups is 2. The van der Waals surface area contributed by atoms with Gasteiger partial charge in [0.15, 0.2) is 0 Å². The van der Waals surface area contributed by atoms with Crippen LogP contribution in [0.25, 0.3) is 0 Å². The van der Waals surface area contributed by atoms with E-state index in [1.807, 2.05) is 4.90 Å². The van der Waals surface area contributed by atoms with E-state index in [1.165, 1.54) is 29.8 Å². The number of nitrogens with one attached hydrogen (secondary N) is 1. The van der Waals surface area contributed by atoms with Crippen LogP contribution in [0.3, 0.4) is 0 Å².